The zero-order valence-electron chi connectivity index (χ0n) is 11.4. The van der Waals surface area contributed by atoms with Crippen molar-refractivity contribution in [2.24, 2.45) is 0 Å². The molecule has 2 aromatic rings. The van der Waals surface area contributed by atoms with Gasteiger partial charge in [-0.05, 0) is 47.1 Å². The summed E-state index contributed by atoms with van der Waals surface area (Å²) in [4.78, 5) is 12.5. The molecule has 22 heavy (non-hydrogen) atoms. The minimum atomic E-state index is -3.52. The molecule has 1 heterocycles. The summed E-state index contributed by atoms with van der Waals surface area (Å²) >= 11 is 4.48. The van der Waals surface area contributed by atoms with Gasteiger partial charge in [0.2, 0.25) is 10.0 Å². The second-order valence-electron chi connectivity index (χ2n) is 4.32. The second-order valence-corrected chi connectivity index (χ2v) is 8.16. The van der Waals surface area contributed by atoms with Gasteiger partial charge in [-0.25, -0.2) is 12.8 Å². The van der Waals surface area contributed by atoms with Gasteiger partial charge in [0.1, 0.15) is 5.82 Å². The normalized spacial score (nSPS) is 11.2. The standard InChI is InChI=1S/C13H12BrFN2O3S2/c1-2-22(19,20)17-11-5-9(15)4-10(6-11)16-13(18)12-3-8(14)7-21-12/h3-7,17H,2H2,1H3,(H,16,18). The fourth-order valence-corrected chi connectivity index (χ4v) is 3.54. The van der Waals surface area contributed by atoms with Crippen LogP contribution in [-0.4, -0.2) is 20.1 Å². The van der Waals surface area contributed by atoms with Gasteiger partial charge in [-0.3, -0.25) is 9.52 Å². The van der Waals surface area contributed by atoms with Gasteiger partial charge in [-0.2, -0.15) is 0 Å². The Morgan fingerprint density at radius 1 is 1.27 bits per heavy atom. The largest absolute Gasteiger partial charge is 0.321 e. The van der Waals surface area contributed by atoms with Crippen LogP contribution in [0.4, 0.5) is 15.8 Å². The van der Waals surface area contributed by atoms with E-state index in [0.29, 0.717) is 4.88 Å². The Labute approximate surface area is 139 Å². The van der Waals surface area contributed by atoms with Crippen molar-refractivity contribution in [3.63, 3.8) is 0 Å². The molecule has 2 rings (SSSR count). The van der Waals surface area contributed by atoms with Crippen LogP contribution in [0, 0.1) is 5.82 Å². The van der Waals surface area contributed by atoms with E-state index in [0.717, 1.165) is 16.6 Å². The lowest BCUT2D eigenvalue weighted by Crippen LogP contribution is -2.15. The minimum Gasteiger partial charge on any atom is -0.321 e. The summed E-state index contributed by atoms with van der Waals surface area (Å²) in [7, 11) is -3.52. The second kappa shape index (κ2) is 6.76. The molecular formula is C13H12BrFN2O3S2. The number of anilines is 2. The maximum absolute atomic E-state index is 13.6. The third-order valence-corrected chi connectivity index (χ3v) is 5.60. The molecule has 5 nitrogen and oxygen atoms in total. The molecule has 1 aromatic carbocycles. The lowest BCUT2D eigenvalue weighted by molar-refractivity contribution is 0.103. The van der Waals surface area contributed by atoms with Gasteiger partial charge in [0.15, 0.2) is 0 Å². The molecule has 1 aromatic heterocycles. The fraction of sp³-hybridized carbons (Fsp3) is 0.154. The van der Waals surface area contributed by atoms with Crippen LogP contribution in [0.1, 0.15) is 16.6 Å². The number of carbonyl (C=O) groups excluding carboxylic acids is 1. The van der Waals surface area contributed by atoms with Crippen molar-refractivity contribution in [2.45, 2.75) is 6.92 Å². The Morgan fingerprint density at radius 3 is 2.55 bits per heavy atom. The molecule has 0 saturated heterocycles. The van der Waals surface area contributed by atoms with Crippen LogP contribution in [0.25, 0.3) is 0 Å². The topological polar surface area (TPSA) is 75.3 Å². The number of hydrogen-bond donors (Lipinski definition) is 2. The molecule has 0 unspecified atom stereocenters. The van der Waals surface area contributed by atoms with Gasteiger partial charge in [-0.1, -0.05) is 0 Å². The molecule has 0 aliphatic rings. The SMILES string of the molecule is CCS(=O)(=O)Nc1cc(F)cc(NC(=O)c2cc(Br)cs2)c1. The van der Waals surface area contributed by atoms with Crippen LogP contribution in [0.2, 0.25) is 0 Å². The Kier molecular flexibility index (Phi) is 5.20. The highest BCUT2D eigenvalue weighted by Crippen LogP contribution is 2.23. The van der Waals surface area contributed by atoms with Crippen molar-refractivity contribution in [2.75, 3.05) is 15.8 Å². The molecule has 0 spiro atoms. The number of halogens is 2. The Bertz CT molecular complexity index is 805. The summed E-state index contributed by atoms with van der Waals surface area (Å²) in [5.41, 5.74) is 0.229. The van der Waals surface area contributed by atoms with Crippen LogP contribution in [0.3, 0.4) is 0 Å². The van der Waals surface area contributed by atoms with E-state index in [9.17, 15) is 17.6 Å². The highest BCUT2D eigenvalue weighted by molar-refractivity contribution is 9.10. The first-order valence-corrected chi connectivity index (χ1v) is 9.48. The van der Waals surface area contributed by atoms with Crippen LogP contribution < -0.4 is 10.0 Å². The van der Waals surface area contributed by atoms with Crippen molar-refractivity contribution in [1.82, 2.24) is 0 Å². The van der Waals surface area contributed by atoms with E-state index in [1.807, 2.05) is 0 Å². The highest BCUT2D eigenvalue weighted by atomic mass is 79.9. The third-order valence-electron chi connectivity index (χ3n) is 2.60. The van der Waals surface area contributed by atoms with Crippen molar-refractivity contribution in [3.05, 3.63) is 44.8 Å². The number of thiophene rings is 1. The number of carbonyl (C=O) groups is 1. The van der Waals surface area contributed by atoms with E-state index in [4.69, 9.17) is 0 Å². The number of nitrogens with one attached hydrogen (secondary N) is 2. The number of rotatable bonds is 5. The fourth-order valence-electron chi connectivity index (χ4n) is 1.60. The molecule has 1 amide bonds. The maximum atomic E-state index is 13.6. The van der Waals surface area contributed by atoms with E-state index < -0.39 is 21.7 Å². The van der Waals surface area contributed by atoms with Crippen LogP contribution in [0.5, 0.6) is 0 Å². The molecule has 0 saturated carbocycles. The first kappa shape index (κ1) is 16.9. The van der Waals surface area contributed by atoms with Crippen molar-refractivity contribution >= 4 is 54.6 Å². The zero-order valence-corrected chi connectivity index (χ0v) is 14.6. The predicted octanol–water partition coefficient (Wildman–Crippen LogP) is 3.66. The Hall–Kier alpha value is -1.45. The minimum absolute atomic E-state index is 0.0597. The summed E-state index contributed by atoms with van der Waals surface area (Å²) in [6.07, 6.45) is 0. The number of benzene rings is 1. The molecule has 0 fully saturated rings. The lowest BCUT2D eigenvalue weighted by atomic mass is 10.2. The van der Waals surface area contributed by atoms with Crippen molar-refractivity contribution in [3.8, 4) is 0 Å². The predicted molar refractivity (Wildman–Crippen MR) is 89.5 cm³/mol. The Morgan fingerprint density at radius 2 is 1.95 bits per heavy atom. The molecule has 0 radical (unpaired) electrons. The first-order valence-electron chi connectivity index (χ1n) is 6.15. The van der Waals surface area contributed by atoms with Gasteiger partial charge in [0.05, 0.1) is 16.3 Å². The molecule has 0 atom stereocenters. The first-order chi connectivity index (χ1) is 10.3. The van der Waals surface area contributed by atoms with Gasteiger partial charge in [0.25, 0.3) is 5.91 Å². The van der Waals surface area contributed by atoms with Gasteiger partial charge in [-0.15, -0.1) is 11.3 Å². The van der Waals surface area contributed by atoms with Crippen LogP contribution >= 0.6 is 27.3 Å². The molecule has 9 heteroatoms. The zero-order chi connectivity index (χ0) is 16.3. The van der Waals surface area contributed by atoms with Crippen LogP contribution in [-0.2, 0) is 10.0 Å². The maximum Gasteiger partial charge on any atom is 0.265 e. The number of amides is 1. The van der Waals surface area contributed by atoms with Crippen molar-refractivity contribution in [1.29, 1.82) is 0 Å². The molecule has 118 valence electrons. The number of sulfonamides is 1. The van der Waals surface area contributed by atoms with Crippen LogP contribution in [0.15, 0.2) is 34.1 Å². The van der Waals surface area contributed by atoms with Gasteiger partial charge >= 0.3 is 0 Å². The summed E-state index contributed by atoms with van der Waals surface area (Å²) in [5.74, 6) is -1.18. The molecule has 0 bridgehead atoms. The highest BCUT2D eigenvalue weighted by Gasteiger charge is 2.12. The molecule has 2 N–H and O–H groups in total. The van der Waals surface area contributed by atoms with Crippen molar-refractivity contribution < 1.29 is 17.6 Å². The average molecular weight is 407 g/mol. The Balaban J connectivity index is 2.21. The summed E-state index contributed by atoms with van der Waals surface area (Å²) < 4.78 is 39.6. The van der Waals surface area contributed by atoms with Gasteiger partial charge < -0.3 is 5.32 Å². The van der Waals surface area contributed by atoms with E-state index in [1.54, 1.807) is 11.4 Å². The average Bonchev–Trinajstić information content (AvgIpc) is 2.84. The monoisotopic (exact) mass is 406 g/mol. The smallest absolute Gasteiger partial charge is 0.265 e. The quantitative estimate of drug-likeness (QED) is 0.795. The summed E-state index contributed by atoms with van der Waals surface area (Å²) in [6.45, 7) is 1.47. The van der Waals surface area contributed by atoms with Gasteiger partial charge in [0, 0.05) is 15.5 Å². The molecule has 0 aliphatic carbocycles. The van der Waals surface area contributed by atoms with E-state index in [-0.39, 0.29) is 17.1 Å². The molecule has 0 aliphatic heterocycles. The summed E-state index contributed by atoms with van der Waals surface area (Å²) in [6, 6.07) is 5.16. The van der Waals surface area contributed by atoms with E-state index >= 15 is 0 Å². The molecular weight excluding hydrogens is 395 g/mol. The van der Waals surface area contributed by atoms with E-state index in [2.05, 4.69) is 26.0 Å². The lowest BCUT2D eigenvalue weighted by Gasteiger charge is -2.09. The summed E-state index contributed by atoms with van der Waals surface area (Å²) in [5, 5.41) is 4.28. The third kappa shape index (κ3) is 4.52. The number of hydrogen-bond acceptors (Lipinski definition) is 4. The van der Waals surface area contributed by atoms with E-state index in [1.165, 1.54) is 24.3 Å².